The third-order valence-electron chi connectivity index (χ3n) is 3.70. The van der Waals surface area contributed by atoms with Gasteiger partial charge in [0.15, 0.2) is 5.43 Å². The molecule has 2 aromatic rings. The summed E-state index contributed by atoms with van der Waals surface area (Å²) in [5, 5.41) is 0.437. The van der Waals surface area contributed by atoms with E-state index in [1.54, 1.807) is 6.07 Å². The van der Waals surface area contributed by atoms with Crippen LogP contribution in [0.4, 0.5) is 4.39 Å². The lowest BCUT2D eigenvalue weighted by Gasteiger charge is -2.16. The van der Waals surface area contributed by atoms with Crippen molar-refractivity contribution in [2.24, 2.45) is 0 Å². The summed E-state index contributed by atoms with van der Waals surface area (Å²) in [6.07, 6.45) is 0. The molecule has 0 radical (unpaired) electrons. The number of quaternary nitrogens is 1. The molecule has 1 heterocycles. The van der Waals surface area contributed by atoms with Crippen LogP contribution in [0.25, 0.3) is 10.9 Å². The quantitative estimate of drug-likeness (QED) is 0.859. The van der Waals surface area contributed by atoms with Crippen LogP contribution in [0.15, 0.2) is 23.0 Å². The highest BCUT2D eigenvalue weighted by Gasteiger charge is 2.14. The van der Waals surface area contributed by atoms with Crippen LogP contribution in [0, 0.1) is 12.7 Å². The first-order valence-corrected chi connectivity index (χ1v) is 6.71. The molecular weight excluding hydrogens is 243 g/mol. The first-order chi connectivity index (χ1) is 9.06. The smallest absolute Gasteiger partial charge is 0.198 e. The van der Waals surface area contributed by atoms with Crippen LogP contribution in [0.1, 0.15) is 25.1 Å². The molecule has 4 heteroatoms. The molecule has 0 amide bonds. The zero-order chi connectivity index (χ0) is 14.0. The molecule has 0 saturated heterocycles. The van der Waals surface area contributed by atoms with E-state index in [4.69, 9.17) is 0 Å². The number of hydrogen-bond acceptors (Lipinski definition) is 1. The zero-order valence-electron chi connectivity index (χ0n) is 11.6. The summed E-state index contributed by atoms with van der Waals surface area (Å²) >= 11 is 0. The molecule has 102 valence electrons. The van der Waals surface area contributed by atoms with Crippen LogP contribution in [-0.2, 0) is 6.54 Å². The van der Waals surface area contributed by atoms with Crippen molar-refractivity contribution in [3.8, 4) is 0 Å². The lowest BCUT2D eigenvalue weighted by atomic mass is 10.1. The number of nitrogens with one attached hydrogen (secondary N) is 2. The monoisotopic (exact) mass is 263 g/mol. The second-order valence-corrected chi connectivity index (χ2v) is 4.88. The molecule has 2 rings (SSSR count). The third kappa shape index (κ3) is 2.68. The van der Waals surface area contributed by atoms with Crippen molar-refractivity contribution >= 4 is 10.9 Å². The molecule has 0 fully saturated rings. The van der Waals surface area contributed by atoms with E-state index in [2.05, 4.69) is 18.8 Å². The van der Waals surface area contributed by atoms with Gasteiger partial charge in [-0.15, -0.1) is 0 Å². The summed E-state index contributed by atoms with van der Waals surface area (Å²) in [5.41, 5.74) is 2.28. The maximum Gasteiger partial charge on any atom is 0.198 e. The summed E-state index contributed by atoms with van der Waals surface area (Å²) in [7, 11) is 0. The normalized spacial score (nSPS) is 11.4. The maximum absolute atomic E-state index is 13.3. The van der Waals surface area contributed by atoms with Crippen LogP contribution >= 0.6 is 0 Å². The fourth-order valence-electron chi connectivity index (χ4n) is 2.39. The molecule has 0 atom stereocenters. The number of fused-ring (bicyclic) bond motifs is 1. The highest BCUT2D eigenvalue weighted by Crippen LogP contribution is 2.12. The first-order valence-electron chi connectivity index (χ1n) is 6.71. The Balaban J connectivity index is 2.58. The Bertz CT molecular complexity index is 644. The van der Waals surface area contributed by atoms with Gasteiger partial charge in [0.1, 0.15) is 12.4 Å². The van der Waals surface area contributed by atoms with Gasteiger partial charge in [-0.25, -0.2) is 4.39 Å². The van der Waals surface area contributed by atoms with Crippen LogP contribution in [0.3, 0.4) is 0 Å². The van der Waals surface area contributed by atoms with Crippen LogP contribution in [0.2, 0.25) is 0 Å². The first kappa shape index (κ1) is 13.7. The SMILES string of the molecule is CC[NH+](CC)Cc1c(C)[nH]c2ccc(F)cc2c1=O. The Labute approximate surface area is 112 Å². The van der Waals surface area contributed by atoms with Gasteiger partial charge in [0.05, 0.1) is 18.7 Å². The minimum absolute atomic E-state index is 0.0508. The summed E-state index contributed by atoms with van der Waals surface area (Å²) in [6.45, 7) is 8.72. The molecule has 19 heavy (non-hydrogen) atoms. The largest absolute Gasteiger partial charge is 0.358 e. The van der Waals surface area contributed by atoms with Crippen molar-refractivity contribution in [3.63, 3.8) is 0 Å². The number of aryl methyl sites for hydroxylation is 1. The Kier molecular flexibility index (Phi) is 4.00. The van der Waals surface area contributed by atoms with E-state index in [0.29, 0.717) is 17.4 Å². The fourth-order valence-corrected chi connectivity index (χ4v) is 2.39. The Hall–Kier alpha value is -1.68. The van der Waals surface area contributed by atoms with E-state index in [1.807, 2.05) is 6.92 Å². The van der Waals surface area contributed by atoms with Crippen molar-refractivity contribution in [2.75, 3.05) is 13.1 Å². The molecule has 3 nitrogen and oxygen atoms in total. The summed E-state index contributed by atoms with van der Waals surface area (Å²) in [5.74, 6) is -0.372. The van der Waals surface area contributed by atoms with Gasteiger partial charge in [-0.3, -0.25) is 4.79 Å². The summed E-state index contributed by atoms with van der Waals surface area (Å²) in [6, 6.07) is 4.30. The second kappa shape index (κ2) is 5.53. The molecule has 0 aliphatic carbocycles. The predicted molar refractivity (Wildman–Crippen MR) is 75.0 cm³/mol. The maximum atomic E-state index is 13.3. The molecule has 1 aromatic carbocycles. The van der Waals surface area contributed by atoms with E-state index < -0.39 is 0 Å². The third-order valence-corrected chi connectivity index (χ3v) is 3.70. The number of benzene rings is 1. The molecule has 0 spiro atoms. The van der Waals surface area contributed by atoms with Crippen molar-refractivity contribution in [1.82, 2.24) is 4.98 Å². The van der Waals surface area contributed by atoms with Crippen LogP contribution in [-0.4, -0.2) is 18.1 Å². The van der Waals surface area contributed by atoms with Crippen LogP contribution < -0.4 is 10.3 Å². The molecule has 1 aromatic heterocycles. The number of aromatic nitrogens is 1. The fraction of sp³-hybridized carbons (Fsp3) is 0.400. The Morgan fingerprint density at radius 3 is 2.58 bits per heavy atom. The van der Waals surface area contributed by atoms with Crippen molar-refractivity contribution < 1.29 is 9.29 Å². The highest BCUT2D eigenvalue weighted by atomic mass is 19.1. The topological polar surface area (TPSA) is 37.3 Å². The van der Waals surface area contributed by atoms with Crippen molar-refractivity contribution in [1.29, 1.82) is 0 Å². The number of rotatable bonds is 4. The summed E-state index contributed by atoms with van der Waals surface area (Å²) < 4.78 is 13.3. The number of aromatic amines is 1. The molecule has 0 saturated carbocycles. The van der Waals surface area contributed by atoms with Gasteiger partial charge in [-0.05, 0) is 39.0 Å². The molecular formula is C15H20FN2O+. The van der Waals surface area contributed by atoms with Gasteiger partial charge in [-0.1, -0.05) is 0 Å². The average Bonchev–Trinajstić information content (AvgIpc) is 2.40. The van der Waals surface area contributed by atoms with Gasteiger partial charge in [0.2, 0.25) is 0 Å². The number of H-pyrrole nitrogens is 1. The minimum atomic E-state index is -0.372. The molecule has 2 N–H and O–H groups in total. The average molecular weight is 263 g/mol. The van der Waals surface area contributed by atoms with Gasteiger partial charge in [-0.2, -0.15) is 0 Å². The highest BCUT2D eigenvalue weighted by molar-refractivity contribution is 5.79. The van der Waals surface area contributed by atoms with E-state index in [-0.39, 0.29) is 11.2 Å². The van der Waals surface area contributed by atoms with Gasteiger partial charge >= 0.3 is 0 Å². The van der Waals surface area contributed by atoms with E-state index in [0.717, 1.165) is 24.3 Å². The lowest BCUT2D eigenvalue weighted by molar-refractivity contribution is -0.910. The Morgan fingerprint density at radius 1 is 1.26 bits per heavy atom. The van der Waals surface area contributed by atoms with E-state index >= 15 is 0 Å². The standard InChI is InChI=1S/C15H19FN2O/c1-4-18(5-2)9-13-10(3)17-14-7-6-11(16)8-12(14)15(13)19/h6-8H,4-5,9H2,1-3H3,(H,17,19)/p+1. The zero-order valence-corrected chi connectivity index (χ0v) is 11.6. The van der Waals surface area contributed by atoms with Gasteiger partial charge in [0, 0.05) is 16.6 Å². The number of halogens is 1. The minimum Gasteiger partial charge on any atom is -0.358 e. The predicted octanol–water partition coefficient (Wildman–Crippen LogP) is 1.40. The molecule has 0 bridgehead atoms. The number of hydrogen-bond donors (Lipinski definition) is 2. The molecule has 0 aliphatic rings. The Morgan fingerprint density at radius 2 is 1.95 bits per heavy atom. The van der Waals surface area contributed by atoms with E-state index in [9.17, 15) is 9.18 Å². The van der Waals surface area contributed by atoms with Crippen molar-refractivity contribution in [2.45, 2.75) is 27.3 Å². The molecule has 0 aliphatic heterocycles. The van der Waals surface area contributed by atoms with Gasteiger partial charge < -0.3 is 9.88 Å². The summed E-state index contributed by atoms with van der Waals surface area (Å²) in [4.78, 5) is 17.0. The second-order valence-electron chi connectivity index (χ2n) is 4.88. The lowest BCUT2D eigenvalue weighted by Crippen LogP contribution is -3.10. The van der Waals surface area contributed by atoms with E-state index in [1.165, 1.54) is 17.0 Å². The molecule has 0 unspecified atom stereocenters. The van der Waals surface area contributed by atoms with Gasteiger partial charge in [0.25, 0.3) is 0 Å². The van der Waals surface area contributed by atoms with Crippen molar-refractivity contribution in [3.05, 3.63) is 45.5 Å². The van der Waals surface area contributed by atoms with Crippen LogP contribution in [0.5, 0.6) is 0 Å². The number of pyridine rings is 1.